The van der Waals surface area contributed by atoms with Gasteiger partial charge in [0.25, 0.3) is 0 Å². The Bertz CT molecular complexity index is 726. The molecule has 28 heavy (non-hydrogen) atoms. The molecule has 1 heterocycles. The predicted molar refractivity (Wildman–Crippen MR) is 118 cm³/mol. The molecule has 2 aromatic rings. The van der Waals surface area contributed by atoms with Crippen LogP contribution in [0.5, 0.6) is 0 Å². The molecule has 1 atom stereocenters. The van der Waals surface area contributed by atoms with Gasteiger partial charge in [0.15, 0.2) is 0 Å². The molecular formula is C22H34N4OS. The van der Waals surface area contributed by atoms with Crippen LogP contribution >= 0.6 is 11.5 Å². The van der Waals surface area contributed by atoms with E-state index in [0.29, 0.717) is 18.9 Å². The van der Waals surface area contributed by atoms with E-state index >= 15 is 0 Å². The smallest absolute Gasteiger partial charge is 0.221 e. The quantitative estimate of drug-likeness (QED) is 0.597. The molecule has 0 unspecified atom stereocenters. The molecule has 0 aliphatic carbocycles. The third-order valence-electron chi connectivity index (χ3n) is 4.99. The lowest BCUT2D eigenvalue weighted by atomic mass is 10.1. The first-order chi connectivity index (χ1) is 13.4. The van der Waals surface area contributed by atoms with Gasteiger partial charge in [-0.05, 0) is 31.7 Å². The summed E-state index contributed by atoms with van der Waals surface area (Å²) >= 11 is 1.43. The number of carbonyl (C=O) groups is 1. The van der Waals surface area contributed by atoms with Crippen molar-refractivity contribution >= 4 is 22.6 Å². The Morgan fingerprint density at radius 2 is 1.89 bits per heavy atom. The van der Waals surface area contributed by atoms with Gasteiger partial charge in [-0.2, -0.15) is 4.37 Å². The Morgan fingerprint density at radius 3 is 2.54 bits per heavy atom. The van der Waals surface area contributed by atoms with Crippen molar-refractivity contribution in [1.82, 2.24) is 14.7 Å². The second-order valence-corrected chi connectivity index (χ2v) is 8.58. The number of nitrogens with zero attached hydrogens (tertiary/aromatic N) is 3. The van der Waals surface area contributed by atoms with Gasteiger partial charge in [-0.1, -0.05) is 57.0 Å². The number of benzene rings is 1. The van der Waals surface area contributed by atoms with Crippen molar-refractivity contribution in [3.05, 3.63) is 41.2 Å². The Hall–Kier alpha value is -1.95. The Labute approximate surface area is 173 Å². The van der Waals surface area contributed by atoms with Gasteiger partial charge < -0.3 is 10.2 Å². The van der Waals surface area contributed by atoms with Crippen molar-refractivity contribution in [3.8, 4) is 0 Å². The summed E-state index contributed by atoms with van der Waals surface area (Å²) in [6.45, 7) is 12.1. The summed E-state index contributed by atoms with van der Waals surface area (Å²) in [5.41, 5.74) is 2.48. The van der Waals surface area contributed by atoms with Gasteiger partial charge in [0.1, 0.15) is 5.82 Å². The lowest BCUT2D eigenvalue weighted by Gasteiger charge is -2.22. The van der Waals surface area contributed by atoms with Crippen LogP contribution in [-0.2, 0) is 11.2 Å². The molecule has 5 nitrogen and oxygen atoms in total. The number of unbranched alkanes of at least 4 members (excludes halogenated alkanes) is 1. The molecule has 1 N–H and O–H groups in total. The highest BCUT2D eigenvalue weighted by Crippen LogP contribution is 2.20. The van der Waals surface area contributed by atoms with E-state index in [1.54, 1.807) is 0 Å². The number of anilines is 1. The minimum absolute atomic E-state index is 0.104. The molecule has 2 rings (SSSR count). The van der Waals surface area contributed by atoms with Gasteiger partial charge >= 0.3 is 0 Å². The fourth-order valence-electron chi connectivity index (χ4n) is 2.71. The van der Waals surface area contributed by atoms with Crippen LogP contribution in [0.1, 0.15) is 63.9 Å². The zero-order valence-electron chi connectivity index (χ0n) is 17.9. The number of hydrogen-bond donors (Lipinski definition) is 1. The maximum atomic E-state index is 12.3. The molecule has 0 bridgehead atoms. The summed E-state index contributed by atoms with van der Waals surface area (Å²) < 4.78 is 4.55. The molecule has 1 aromatic heterocycles. The lowest BCUT2D eigenvalue weighted by molar-refractivity contribution is -0.121. The second-order valence-electron chi connectivity index (χ2n) is 7.85. The molecule has 154 valence electrons. The van der Waals surface area contributed by atoms with Gasteiger partial charge in [-0.3, -0.25) is 4.79 Å². The van der Waals surface area contributed by atoms with Crippen LogP contribution in [0.3, 0.4) is 0 Å². The average molecular weight is 403 g/mol. The van der Waals surface area contributed by atoms with Gasteiger partial charge in [-0.25, -0.2) is 4.98 Å². The molecular weight excluding hydrogens is 368 g/mol. The summed E-state index contributed by atoms with van der Waals surface area (Å²) in [7, 11) is 0. The molecule has 1 aromatic carbocycles. The minimum Gasteiger partial charge on any atom is -0.353 e. The third kappa shape index (κ3) is 7.23. The highest BCUT2D eigenvalue weighted by Gasteiger charge is 2.16. The van der Waals surface area contributed by atoms with Crippen molar-refractivity contribution < 1.29 is 4.79 Å². The summed E-state index contributed by atoms with van der Waals surface area (Å²) in [6, 6.07) is 8.69. The molecule has 0 radical (unpaired) electrons. The number of aryl methyl sites for hydroxylation is 1. The average Bonchev–Trinajstić information content (AvgIpc) is 3.12. The zero-order chi connectivity index (χ0) is 20.5. The van der Waals surface area contributed by atoms with Crippen LogP contribution in [-0.4, -0.2) is 34.4 Å². The zero-order valence-corrected chi connectivity index (χ0v) is 18.7. The van der Waals surface area contributed by atoms with Crippen molar-refractivity contribution in [1.29, 1.82) is 0 Å². The normalized spacial score (nSPS) is 12.2. The molecule has 6 heteroatoms. The van der Waals surface area contributed by atoms with Gasteiger partial charge in [-0.15, -0.1) is 0 Å². The van der Waals surface area contributed by atoms with E-state index in [0.717, 1.165) is 36.8 Å². The van der Waals surface area contributed by atoms with E-state index in [1.807, 2.05) is 0 Å². The van der Waals surface area contributed by atoms with E-state index < -0.39 is 0 Å². The third-order valence-corrected chi connectivity index (χ3v) is 5.80. The van der Waals surface area contributed by atoms with E-state index in [4.69, 9.17) is 4.98 Å². The minimum atomic E-state index is 0.104. The van der Waals surface area contributed by atoms with Crippen LogP contribution in [0.25, 0.3) is 0 Å². The predicted octanol–water partition coefficient (Wildman–Crippen LogP) is 4.59. The SMILES string of the molecule is CCCCN(CCC(=O)N[C@@H](C)C(C)C)c1nc(Cc2ccc(C)cc2)ns1. The standard InChI is InChI=1S/C22H34N4OS/c1-6-7-13-26(14-12-21(27)23-18(5)16(2)3)22-24-20(25-28-22)15-19-10-8-17(4)9-11-19/h8-11,16,18H,6-7,12-15H2,1-5H3,(H,23,27)/t18-/m0/s1. The fraction of sp³-hybridized carbons (Fsp3) is 0.591. The summed E-state index contributed by atoms with van der Waals surface area (Å²) in [5, 5.41) is 4.00. The first-order valence-corrected chi connectivity index (χ1v) is 11.1. The number of amides is 1. The summed E-state index contributed by atoms with van der Waals surface area (Å²) in [6.07, 6.45) is 3.41. The maximum Gasteiger partial charge on any atom is 0.221 e. The largest absolute Gasteiger partial charge is 0.353 e. The molecule has 0 fully saturated rings. The van der Waals surface area contributed by atoms with E-state index in [2.05, 4.69) is 73.5 Å². The van der Waals surface area contributed by atoms with E-state index in [9.17, 15) is 4.79 Å². The first-order valence-electron chi connectivity index (χ1n) is 10.3. The van der Waals surface area contributed by atoms with Crippen LogP contribution in [0, 0.1) is 12.8 Å². The number of nitrogens with one attached hydrogen (secondary N) is 1. The van der Waals surface area contributed by atoms with Crippen molar-refractivity contribution in [2.75, 3.05) is 18.0 Å². The molecule has 0 saturated heterocycles. The highest BCUT2D eigenvalue weighted by molar-refractivity contribution is 7.09. The monoisotopic (exact) mass is 402 g/mol. The summed E-state index contributed by atoms with van der Waals surface area (Å²) in [4.78, 5) is 19.2. The Morgan fingerprint density at radius 1 is 1.18 bits per heavy atom. The van der Waals surface area contributed by atoms with Crippen molar-refractivity contribution in [2.24, 2.45) is 5.92 Å². The highest BCUT2D eigenvalue weighted by atomic mass is 32.1. The molecule has 0 saturated carbocycles. The van der Waals surface area contributed by atoms with Crippen molar-refractivity contribution in [3.63, 3.8) is 0 Å². The fourth-order valence-corrected chi connectivity index (χ4v) is 3.45. The number of rotatable bonds is 11. The van der Waals surface area contributed by atoms with Crippen LogP contribution in [0.2, 0.25) is 0 Å². The van der Waals surface area contributed by atoms with E-state index in [1.165, 1.54) is 22.7 Å². The van der Waals surface area contributed by atoms with Gasteiger partial charge in [0.2, 0.25) is 11.0 Å². The topological polar surface area (TPSA) is 58.1 Å². The maximum absolute atomic E-state index is 12.3. The Kier molecular flexibility index (Phi) is 8.90. The molecule has 0 aliphatic heterocycles. The number of aromatic nitrogens is 2. The van der Waals surface area contributed by atoms with Gasteiger partial charge in [0.05, 0.1) is 0 Å². The van der Waals surface area contributed by atoms with E-state index in [-0.39, 0.29) is 11.9 Å². The summed E-state index contributed by atoms with van der Waals surface area (Å²) in [5.74, 6) is 1.39. The first kappa shape index (κ1) is 22.3. The van der Waals surface area contributed by atoms with Gasteiger partial charge in [0, 0.05) is 43.5 Å². The second kappa shape index (κ2) is 11.1. The lowest BCUT2D eigenvalue weighted by Crippen LogP contribution is -2.38. The Balaban J connectivity index is 1.97. The molecule has 0 aliphatic rings. The van der Waals surface area contributed by atoms with Crippen LogP contribution in [0.15, 0.2) is 24.3 Å². The molecule has 0 spiro atoms. The number of carbonyl (C=O) groups excluding carboxylic acids is 1. The molecule has 1 amide bonds. The van der Waals surface area contributed by atoms with Crippen molar-refractivity contribution in [2.45, 2.75) is 66.3 Å². The van der Waals surface area contributed by atoms with Crippen LogP contribution in [0.4, 0.5) is 5.13 Å². The number of hydrogen-bond acceptors (Lipinski definition) is 5. The van der Waals surface area contributed by atoms with Crippen LogP contribution < -0.4 is 10.2 Å².